The minimum absolute atomic E-state index is 0.175. The van der Waals surface area contributed by atoms with Crippen LogP contribution >= 0.6 is 0 Å². The van der Waals surface area contributed by atoms with Crippen LogP contribution in [0.2, 0.25) is 0 Å². The summed E-state index contributed by atoms with van der Waals surface area (Å²) in [7, 11) is 0. The van der Waals surface area contributed by atoms with Gasteiger partial charge in [0, 0.05) is 38.3 Å². The van der Waals surface area contributed by atoms with Crippen molar-refractivity contribution in [3.63, 3.8) is 0 Å². The number of hydrogen-bond acceptors (Lipinski definition) is 3. The lowest BCUT2D eigenvalue weighted by molar-refractivity contribution is -0.174. The molecule has 0 amide bonds. The molecule has 3 nitrogen and oxygen atoms in total. The third kappa shape index (κ3) is 7.47. The van der Waals surface area contributed by atoms with Gasteiger partial charge < -0.3 is 10.1 Å². The fraction of sp³-hybridized carbons (Fsp3) is 1.00. The van der Waals surface area contributed by atoms with Crippen LogP contribution in [0.4, 0.5) is 13.2 Å². The quantitative estimate of drug-likeness (QED) is 0.697. The molecule has 1 heterocycles. The molecule has 0 bridgehead atoms. The minimum atomic E-state index is -4.22. The van der Waals surface area contributed by atoms with Crippen LogP contribution in [0.1, 0.15) is 40.0 Å². The molecule has 1 saturated heterocycles. The molecular formula is C15H29F3N2O. The molecule has 0 saturated carbocycles. The molecule has 21 heavy (non-hydrogen) atoms. The highest BCUT2D eigenvalue weighted by Gasteiger charge is 2.29. The molecule has 6 heteroatoms. The lowest BCUT2D eigenvalue weighted by Crippen LogP contribution is -2.58. The van der Waals surface area contributed by atoms with E-state index in [1.807, 2.05) is 0 Å². The number of nitrogens with zero attached hydrogens (tertiary/aromatic N) is 1. The zero-order chi connectivity index (χ0) is 15.9. The third-order valence-corrected chi connectivity index (χ3v) is 3.99. The number of ether oxygens (including phenoxy) is 1. The average molecular weight is 310 g/mol. The summed E-state index contributed by atoms with van der Waals surface area (Å²) >= 11 is 0. The topological polar surface area (TPSA) is 24.5 Å². The van der Waals surface area contributed by atoms with Gasteiger partial charge in [-0.2, -0.15) is 13.2 Å². The Morgan fingerprint density at radius 2 is 2.05 bits per heavy atom. The molecule has 1 rings (SSSR count). The van der Waals surface area contributed by atoms with Gasteiger partial charge in [-0.3, -0.25) is 4.90 Å². The van der Waals surface area contributed by atoms with Gasteiger partial charge in [0.1, 0.15) is 6.61 Å². The average Bonchev–Trinajstić information content (AvgIpc) is 2.38. The first kappa shape index (κ1) is 18.7. The Balaban J connectivity index is 2.33. The summed E-state index contributed by atoms with van der Waals surface area (Å²) in [5.41, 5.74) is 0. The fourth-order valence-corrected chi connectivity index (χ4v) is 2.78. The summed E-state index contributed by atoms with van der Waals surface area (Å²) in [5.74, 6) is 0.566. The van der Waals surface area contributed by atoms with Crippen LogP contribution in [-0.4, -0.2) is 56.0 Å². The van der Waals surface area contributed by atoms with Crippen molar-refractivity contribution >= 4 is 0 Å². The second-order valence-electron chi connectivity index (χ2n) is 6.22. The zero-order valence-corrected chi connectivity index (χ0v) is 13.4. The molecule has 126 valence electrons. The molecule has 0 aliphatic carbocycles. The Morgan fingerprint density at radius 1 is 1.33 bits per heavy atom. The number of rotatable bonds is 8. The van der Waals surface area contributed by atoms with Crippen LogP contribution in [0, 0.1) is 5.92 Å². The van der Waals surface area contributed by atoms with E-state index in [1.54, 1.807) is 0 Å². The number of hydrogen-bond donors (Lipinski definition) is 1. The maximum Gasteiger partial charge on any atom is 0.411 e. The number of piperazine rings is 1. The van der Waals surface area contributed by atoms with Crippen LogP contribution in [0.3, 0.4) is 0 Å². The van der Waals surface area contributed by atoms with Crippen molar-refractivity contribution in [3.8, 4) is 0 Å². The lowest BCUT2D eigenvalue weighted by Gasteiger charge is -2.42. The van der Waals surface area contributed by atoms with Gasteiger partial charge in [0.2, 0.25) is 0 Å². The van der Waals surface area contributed by atoms with Crippen molar-refractivity contribution in [3.05, 3.63) is 0 Å². The van der Waals surface area contributed by atoms with E-state index in [2.05, 4.69) is 31.0 Å². The van der Waals surface area contributed by atoms with Crippen molar-refractivity contribution in [2.24, 2.45) is 5.92 Å². The molecule has 1 fully saturated rings. The van der Waals surface area contributed by atoms with Gasteiger partial charge in [0.05, 0.1) is 0 Å². The van der Waals surface area contributed by atoms with E-state index in [0.717, 1.165) is 32.5 Å². The molecule has 1 aliphatic rings. The maximum absolute atomic E-state index is 12.0. The van der Waals surface area contributed by atoms with E-state index in [4.69, 9.17) is 4.74 Å². The van der Waals surface area contributed by atoms with E-state index in [0.29, 0.717) is 24.4 Å². The Hall–Kier alpha value is -0.330. The number of nitrogens with one attached hydrogen (secondary N) is 1. The summed E-state index contributed by atoms with van der Waals surface area (Å²) in [6.45, 7) is 8.36. The van der Waals surface area contributed by atoms with Crippen LogP contribution in [0.15, 0.2) is 0 Å². The van der Waals surface area contributed by atoms with Crippen molar-refractivity contribution in [2.75, 3.05) is 32.8 Å². The van der Waals surface area contributed by atoms with Gasteiger partial charge in [-0.1, -0.05) is 27.2 Å². The van der Waals surface area contributed by atoms with Crippen molar-refractivity contribution < 1.29 is 17.9 Å². The smallest absolute Gasteiger partial charge is 0.372 e. The van der Waals surface area contributed by atoms with E-state index in [9.17, 15) is 13.2 Å². The first-order valence-corrected chi connectivity index (χ1v) is 7.95. The van der Waals surface area contributed by atoms with Crippen molar-refractivity contribution in [1.29, 1.82) is 0 Å². The standard InChI is InChI=1S/C15H29F3N2O/c1-4-6-13-9-19-14(12(2)3)10-20(13)7-5-8-21-11-15(16,17)18/h12-14,19H,4-11H2,1-3H3. The predicted octanol–water partition coefficient (Wildman–Crippen LogP) is 3.05. The molecular weight excluding hydrogens is 281 g/mol. The van der Waals surface area contributed by atoms with Gasteiger partial charge in [-0.05, 0) is 18.8 Å². The van der Waals surface area contributed by atoms with E-state index < -0.39 is 12.8 Å². The Kier molecular flexibility index (Phi) is 7.98. The summed E-state index contributed by atoms with van der Waals surface area (Å²) in [6.07, 6.45) is -1.31. The summed E-state index contributed by atoms with van der Waals surface area (Å²) in [5, 5.41) is 3.58. The molecule has 1 N–H and O–H groups in total. The lowest BCUT2D eigenvalue weighted by atomic mass is 9.97. The minimum Gasteiger partial charge on any atom is -0.372 e. The second kappa shape index (κ2) is 8.96. The molecule has 0 aromatic rings. The monoisotopic (exact) mass is 310 g/mol. The summed E-state index contributed by atoms with van der Waals surface area (Å²) in [6, 6.07) is 0.960. The van der Waals surface area contributed by atoms with E-state index >= 15 is 0 Å². The van der Waals surface area contributed by atoms with Crippen molar-refractivity contribution in [2.45, 2.75) is 58.3 Å². The van der Waals surface area contributed by atoms with Gasteiger partial charge in [0.25, 0.3) is 0 Å². The van der Waals surface area contributed by atoms with Crippen molar-refractivity contribution in [1.82, 2.24) is 10.2 Å². The summed E-state index contributed by atoms with van der Waals surface area (Å²) in [4.78, 5) is 2.42. The van der Waals surface area contributed by atoms with Crippen LogP contribution in [0.5, 0.6) is 0 Å². The highest BCUT2D eigenvalue weighted by molar-refractivity contribution is 4.87. The van der Waals surface area contributed by atoms with Gasteiger partial charge in [-0.25, -0.2) is 0 Å². The molecule has 0 spiro atoms. The summed E-state index contributed by atoms with van der Waals surface area (Å²) < 4.78 is 40.7. The molecule has 2 atom stereocenters. The highest BCUT2D eigenvalue weighted by Crippen LogP contribution is 2.17. The highest BCUT2D eigenvalue weighted by atomic mass is 19.4. The Bertz CT molecular complexity index is 285. The third-order valence-electron chi connectivity index (χ3n) is 3.99. The molecule has 2 unspecified atom stereocenters. The fourth-order valence-electron chi connectivity index (χ4n) is 2.78. The zero-order valence-electron chi connectivity index (χ0n) is 13.4. The number of halogens is 3. The Labute approximate surface area is 126 Å². The van der Waals surface area contributed by atoms with Crippen LogP contribution in [-0.2, 0) is 4.74 Å². The maximum atomic E-state index is 12.0. The van der Waals surface area contributed by atoms with Gasteiger partial charge >= 0.3 is 6.18 Å². The molecule has 1 aliphatic heterocycles. The SMILES string of the molecule is CCCC1CNC(C(C)C)CN1CCCOCC(F)(F)F. The molecule has 0 aromatic carbocycles. The van der Waals surface area contributed by atoms with E-state index in [1.165, 1.54) is 0 Å². The first-order valence-electron chi connectivity index (χ1n) is 7.95. The normalized spacial score (nSPS) is 24.7. The largest absolute Gasteiger partial charge is 0.411 e. The molecule has 0 radical (unpaired) electrons. The van der Waals surface area contributed by atoms with Gasteiger partial charge in [0.15, 0.2) is 0 Å². The Morgan fingerprint density at radius 3 is 2.62 bits per heavy atom. The predicted molar refractivity (Wildman–Crippen MR) is 78.4 cm³/mol. The van der Waals surface area contributed by atoms with Crippen LogP contribution < -0.4 is 5.32 Å². The first-order chi connectivity index (χ1) is 9.83. The second-order valence-corrected chi connectivity index (χ2v) is 6.22. The van der Waals surface area contributed by atoms with E-state index in [-0.39, 0.29) is 6.61 Å². The number of alkyl halides is 3. The van der Waals surface area contributed by atoms with Gasteiger partial charge in [-0.15, -0.1) is 0 Å². The van der Waals surface area contributed by atoms with Crippen LogP contribution in [0.25, 0.3) is 0 Å². The molecule has 0 aromatic heterocycles.